The van der Waals surface area contributed by atoms with Crippen LogP contribution in [0.25, 0.3) is 6.08 Å². The Morgan fingerprint density at radius 3 is 2.42 bits per heavy atom. The van der Waals surface area contributed by atoms with Crippen molar-refractivity contribution in [3.05, 3.63) is 98.2 Å². The van der Waals surface area contributed by atoms with Crippen LogP contribution in [0.4, 0.5) is 10.1 Å². The van der Waals surface area contributed by atoms with Crippen molar-refractivity contribution < 1.29 is 18.7 Å². The van der Waals surface area contributed by atoms with E-state index in [9.17, 15) is 14.0 Å². The van der Waals surface area contributed by atoms with E-state index in [1.807, 2.05) is 24.3 Å². The molecule has 5 nitrogen and oxygen atoms in total. The molecule has 1 aliphatic heterocycles. The first-order valence-corrected chi connectivity index (χ1v) is 11.7. The van der Waals surface area contributed by atoms with E-state index in [-0.39, 0.29) is 23.0 Å². The molecule has 0 atom stereocenters. The number of nitrogens with one attached hydrogen (secondary N) is 1. The third kappa shape index (κ3) is 5.21. The highest BCUT2D eigenvalue weighted by atomic mass is 79.9. The van der Waals surface area contributed by atoms with Crippen LogP contribution in [0.2, 0.25) is 0 Å². The largest absolute Gasteiger partial charge is 0.488 e. The van der Waals surface area contributed by atoms with Gasteiger partial charge in [-0.25, -0.2) is 9.29 Å². The number of ether oxygens (including phenoxy) is 1. The molecular weight excluding hydrogens is 575 g/mol. The Hall–Kier alpha value is -2.88. The van der Waals surface area contributed by atoms with Gasteiger partial charge in [0.15, 0.2) is 5.11 Å². The van der Waals surface area contributed by atoms with Crippen LogP contribution in [0.3, 0.4) is 0 Å². The summed E-state index contributed by atoms with van der Waals surface area (Å²) < 4.78 is 22.0. The van der Waals surface area contributed by atoms with Crippen molar-refractivity contribution in [2.24, 2.45) is 0 Å². The molecule has 9 heteroatoms. The number of rotatable bonds is 5. The third-order valence-electron chi connectivity index (χ3n) is 4.77. The Kier molecular flexibility index (Phi) is 7.02. The smallest absolute Gasteiger partial charge is 0.270 e. The van der Waals surface area contributed by atoms with Gasteiger partial charge in [-0.05, 0) is 66.3 Å². The number of amides is 2. The number of hydrogen-bond acceptors (Lipinski definition) is 4. The Balaban J connectivity index is 1.68. The standard InChI is InChI=1S/C24H15Br2FN2O3S/c25-16-7-5-14(6-8-16)13-32-21-10-9-17(26)11-15(21)12-18-22(30)28-24(33)29(23(18)31)20-4-2-1-3-19(20)27/h1-12H,13H2,(H,28,30,33)/b18-12+. The predicted molar refractivity (Wildman–Crippen MR) is 135 cm³/mol. The molecule has 1 N–H and O–H groups in total. The van der Waals surface area contributed by atoms with E-state index in [1.165, 1.54) is 24.3 Å². The van der Waals surface area contributed by atoms with Crippen LogP contribution in [0.5, 0.6) is 5.75 Å². The molecule has 3 aromatic carbocycles. The van der Waals surface area contributed by atoms with Gasteiger partial charge in [-0.3, -0.25) is 14.9 Å². The van der Waals surface area contributed by atoms with E-state index in [4.69, 9.17) is 17.0 Å². The number of carbonyl (C=O) groups is 2. The van der Waals surface area contributed by atoms with E-state index in [2.05, 4.69) is 37.2 Å². The van der Waals surface area contributed by atoms with E-state index in [0.29, 0.717) is 11.3 Å². The molecular formula is C24H15Br2FN2O3S. The number of anilines is 1. The van der Waals surface area contributed by atoms with Gasteiger partial charge in [0.25, 0.3) is 11.8 Å². The summed E-state index contributed by atoms with van der Waals surface area (Å²) in [4.78, 5) is 26.8. The molecule has 0 radical (unpaired) electrons. The molecule has 0 bridgehead atoms. The van der Waals surface area contributed by atoms with Gasteiger partial charge >= 0.3 is 0 Å². The molecule has 1 heterocycles. The zero-order valence-electron chi connectivity index (χ0n) is 16.8. The minimum atomic E-state index is -0.729. The maximum Gasteiger partial charge on any atom is 0.270 e. The lowest BCUT2D eigenvalue weighted by Gasteiger charge is -2.29. The van der Waals surface area contributed by atoms with Gasteiger partial charge in [0, 0.05) is 14.5 Å². The topological polar surface area (TPSA) is 58.6 Å². The molecule has 33 heavy (non-hydrogen) atoms. The highest BCUT2D eigenvalue weighted by Crippen LogP contribution is 2.29. The highest BCUT2D eigenvalue weighted by molar-refractivity contribution is 9.10. The Morgan fingerprint density at radius 1 is 1.00 bits per heavy atom. The van der Waals surface area contributed by atoms with E-state index in [1.54, 1.807) is 24.3 Å². The summed E-state index contributed by atoms with van der Waals surface area (Å²) >= 11 is 11.9. The normalized spacial score (nSPS) is 15.1. The number of hydrogen-bond donors (Lipinski definition) is 1. The SMILES string of the molecule is O=C1NC(=S)N(c2ccccc2F)C(=O)/C1=C/c1cc(Br)ccc1OCc1ccc(Br)cc1. The fraction of sp³-hybridized carbons (Fsp3) is 0.0417. The molecule has 0 unspecified atom stereocenters. The van der Waals surface area contributed by atoms with Gasteiger partial charge in [-0.2, -0.15) is 0 Å². The zero-order chi connectivity index (χ0) is 23.5. The first-order valence-electron chi connectivity index (χ1n) is 9.66. The van der Waals surface area contributed by atoms with Crippen molar-refractivity contribution in [3.8, 4) is 5.75 Å². The summed E-state index contributed by atoms with van der Waals surface area (Å²) in [6, 6.07) is 18.6. The maximum absolute atomic E-state index is 14.4. The summed E-state index contributed by atoms with van der Waals surface area (Å²) in [6.07, 6.45) is 1.41. The molecule has 0 aromatic heterocycles. The van der Waals surface area contributed by atoms with Crippen molar-refractivity contribution in [1.29, 1.82) is 0 Å². The first kappa shape index (κ1) is 23.3. The quantitative estimate of drug-likeness (QED) is 0.233. The Morgan fingerprint density at radius 2 is 1.70 bits per heavy atom. The van der Waals surface area contributed by atoms with Gasteiger partial charge in [0.05, 0.1) is 5.69 Å². The minimum Gasteiger partial charge on any atom is -0.488 e. The molecule has 0 spiro atoms. The molecule has 1 saturated heterocycles. The number of carbonyl (C=O) groups excluding carboxylic acids is 2. The lowest BCUT2D eigenvalue weighted by Crippen LogP contribution is -2.54. The summed E-state index contributed by atoms with van der Waals surface area (Å²) in [5.74, 6) is -1.56. The fourth-order valence-electron chi connectivity index (χ4n) is 3.17. The van der Waals surface area contributed by atoms with E-state index >= 15 is 0 Å². The maximum atomic E-state index is 14.4. The van der Waals surface area contributed by atoms with Crippen molar-refractivity contribution in [2.45, 2.75) is 6.61 Å². The van der Waals surface area contributed by atoms with Crippen LogP contribution in [0, 0.1) is 5.82 Å². The Bertz CT molecular complexity index is 1300. The van der Waals surface area contributed by atoms with Gasteiger partial charge in [0.2, 0.25) is 0 Å². The second-order valence-corrected chi connectivity index (χ2v) is 9.22. The van der Waals surface area contributed by atoms with Crippen molar-refractivity contribution in [1.82, 2.24) is 5.32 Å². The number of benzene rings is 3. The number of nitrogens with zero attached hydrogens (tertiary/aromatic N) is 1. The van der Waals surface area contributed by atoms with Crippen LogP contribution < -0.4 is 15.0 Å². The van der Waals surface area contributed by atoms with Gasteiger partial charge in [0.1, 0.15) is 23.7 Å². The second kappa shape index (κ2) is 9.94. The average molecular weight is 590 g/mol. The minimum absolute atomic E-state index is 0.0423. The van der Waals surface area contributed by atoms with Gasteiger partial charge in [-0.15, -0.1) is 0 Å². The van der Waals surface area contributed by atoms with Crippen molar-refractivity contribution in [2.75, 3.05) is 4.90 Å². The lowest BCUT2D eigenvalue weighted by molar-refractivity contribution is -0.122. The summed E-state index contributed by atoms with van der Waals surface area (Å²) in [5, 5.41) is 2.27. The number of halogens is 3. The molecule has 1 aliphatic rings. The first-order chi connectivity index (χ1) is 15.8. The summed E-state index contributed by atoms with van der Waals surface area (Å²) in [5.41, 5.74) is 1.21. The molecule has 0 aliphatic carbocycles. The third-order valence-corrected chi connectivity index (χ3v) is 6.08. The molecule has 3 aromatic rings. The van der Waals surface area contributed by atoms with Crippen LogP contribution in [0.1, 0.15) is 11.1 Å². The molecule has 2 amide bonds. The van der Waals surface area contributed by atoms with Crippen LogP contribution in [0.15, 0.2) is 81.2 Å². The monoisotopic (exact) mass is 588 g/mol. The average Bonchev–Trinajstić information content (AvgIpc) is 2.78. The van der Waals surface area contributed by atoms with Crippen LogP contribution >= 0.6 is 44.1 Å². The molecule has 166 valence electrons. The van der Waals surface area contributed by atoms with E-state index in [0.717, 1.165) is 19.4 Å². The predicted octanol–water partition coefficient (Wildman–Crippen LogP) is 5.76. The zero-order valence-corrected chi connectivity index (χ0v) is 20.8. The van der Waals surface area contributed by atoms with Crippen LogP contribution in [-0.4, -0.2) is 16.9 Å². The van der Waals surface area contributed by atoms with Crippen molar-refractivity contribution >= 4 is 72.8 Å². The van der Waals surface area contributed by atoms with E-state index < -0.39 is 17.6 Å². The van der Waals surface area contributed by atoms with Gasteiger partial charge in [-0.1, -0.05) is 56.1 Å². The fourth-order valence-corrected chi connectivity index (χ4v) is 4.09. The number of thiocarbonyl (C=S) groups is 1. The second-order valence-electron chi connectivity index (χ2n) is 7.01. The molecule has 0 saturated carbocycles. The van der Waals surface area contributed by atoms with Crippen LogP contribution in [-0.2, 0) is 16.2 Å². The number of para-hydroxylation sites is 1. The summed E-state index contributed by atoms with van der Waals surface area (Å²) in [6.45, 7) is 0.288. The summed E-state index contributed by atoms with van der Waals surface area (Å²) in [7, 11) is 0. The molecule has 1 fully saturated rings. The molecule has 4 rings (SSSR count). The lowest BCUT2D eigenvalue weighted by atomic mass is 10.1. The van der Waals surface area contributed by atoms with Gasteiger partial charge < -0.3 is 4.74 Å². The Labute approximate surface area is 211 Å². The highest BCUT2D eigenvalue weighted by Gasteiger charge is 2.35. The van der Waals surface area contributed by atoms with Crippen molar-refractivity contribution in [3.63, 3.8) is 0 Å².